The lowest BCUT2D eigenvalue weighted by atomic mass is 10.00. The summed E-state index contributed by atoms with van der Waals surface area (Å²) in [6.45, 7) is 3.22. The van der Waals surface area contributed by atoms with Gasteiger partial charge in [0.25, 0.3) is 0 Å². The fourth-order valence-corrected chi connectivity index (χ4v) is 12.1. The number of amides is 14. The zero-order chi connectivity index (χ0) is 91.4. The molecule has 2 aromatic rings. The van der Waals surface area contributed by atoms with Gasteiger partial charge < -0.3 is 146 Å². The Morgan fingerprint density at radius 1 is 0.413 bits per heavy atom. The molecule has 2 rings (SSSR count). The number of hydrogen-bond acceptors (Lipinski definition) is 25. The largest absolute Gasteiger partial charge is 0.508 e. The number of nitrogens with zero attached hydrogens (tertiary/aromatic N) is 3. The SMILES string of the molecule is CSCC[C@H](NC(=O)[C@H](Cc1ccccc1)NC(=O)[C@H](CC(N)=O)NC(=O)[C@H](CO)NC(=O)[C@H](CC(=O)O)NC(=O)[C@H](COP(=O)(O)O)NC(=O)[C@H](CC(C)C)NC(=O)[C@H](CCCN=C(N)N)NC(=O)[C@H](CCCN=C(N)N)NC(=O)[C@H](CCCN=C(N)N)NC(=O)[C@H](CC(C)C)NC(=O)[C@H](Cc1ccc(O)cc1)NC(=O)[C@@H](N)CC(N)=O)C(=O)O. The van der Waals surface area contributed by atoms with Crippen molar-refractivity contribution in [3.63, 3.8) is 0 Å². The minimum Gasteiger partial charge on any atom is -0.508 e. The van der Waals surface area contributed by atoms with Crippen LogP contribution in [-0.4, -0.2) is 266 Å². The summed E-state index contributed by atoms with van der Waals surface area (Å²) in [5.41, 5.74) is 50.9. The zero-order valence-corrected chi connectivity index (χ0v) is 69.1. The predicted molar refractivity (Wildman–Crippen MR) is 437 cm³/mol. The van der Waals surface area contributed by atoms with Crippen LogP contribution in [0.1, 0.15) is 116 Å². The topological polar surface area (TPSA) is 836 Å². The first-order valence-electron chi connectivity index (χ1n) is 37.9. The second-order valence-electron chi connectivity index (χ2n) is 28.5. The van der Waals surface area contributed by atoms with Gasteiger partial charge in [0.2, 0.25) is 82.7 Å². The summed E-state index contributed by atoms with van der Waals surface area (Å²) in [7, 11) is -5.62. The van der Waals surface area contributed by atoms with Crippen LogP contribution < -0.4 is 115 Å². The van der Waals surface area contributed by atoms with Crippen LogP contribution in [0.3, 0.4) is 0 Å². The molecule has 0 saturated heterocycles. The molecule has 50 heteroatoms. The Kier molecular flexibility index (Phi) is 47.0. The van der Waals surface area contributed by atoms with Crippen molar-refractivity contribution in [2.45, 2.75) is 196 Å². The minimum atomic E-state index is -5.62. The molecule has 48 nitrogen and oxygen atoms in total. The van der Waals surface area contributed by atoms with E-state index in [2.05, 4.69) is 72.7 Å². The number of thioether (sulfide) groups is 1. The van der Waals surface area contributed by atoms with Crippen molar-refractivity contribution in [1.29, 1.82) is 0 Å². The third-order valence-electron chi connectivity index (χ3n) is 17.2. The third-order valence-corrected chi connectivity index (χ3v) is 18.4. The van der Waals surface area contributed by atoms with Crippen molar-refractivity contribution in [3.05, 3.63) is 65.7 Å². The van der Waals surface area contributed by atoms with E-state index in [0.717, 1.165) is 0 Å². The number of phosphoric acid groups is 1. The van der Waals surface area contributed by atoms with E-state index in [1.165, 1.54) is 36.0 Å². The van der Waals surface area contributed by atoms with Gasteiger partial charge in [-0.05, 0) is 105 Å². The number of guanidine groups is 3. The number of hydrogen-bond donors (Lipinski definition) is 27. The van der Waals surface area contributed by atoms with E-state index in [1.54, 1.807) is 64.3 Å². The standard InChI is InChI=1S/C71H115N24O24PS/c1-35(2)26-45(90-63(109)47(29-38-17-19-39(97)20-18-38)88-56(102)40(72)30-53(73)98)60(106)86-42(15-10-23-82-70(77)78)58(104)84-41(14-9-22-81-69(75)76)57(103)85-43(16-11-24-83-71(79)80)59(105)89-46(27-36(3)4)61(107)95-52(34-119-120(116,117)118)67(113)93-50(32-55(100)101)65(111)94-51(33-96)66(112)92-49(31-54(74)99)64(110)91-48(28-37-12-7-6-8-13-37)62(108)87-44(68(114)115)21-25-121-5/h6-8,12-13,17-20,35-36,40-52,96-97H,9-11,14-16,21-34,72H2,1-5H3,(H2,73,98)(H2,74,99)(H,84,104)(H,85,103)(H,86,106)(H,87,108)(H,88,102)(H,89,105)(H,90,109)(H,91,110)(H,92,112)(H,93,113)(H,94,111)(H,95,107)(H,100,101)(H,114,115)(H4,75,76,81)(H4,77,78,82)(H4,79,80,83)(H2,116,117,118)/t40-,41-,42-,43-,44-,45-,46-,47-,48-,49-,50-,51-,52-/m0/s1. The maximum Gasteiger partial charge on any atom is 0.469 e. The average molecular weight is 1750 g/mol. The number of phenols is 1. The second kappa shape index (κ2) is 54.2. The number of aliphatic hydroxyl groups excluding tert-OH is 1. The Hall–Kier alpha value is -12.1. The Morgan fingerprint density at radius 3 is 1.11 bits per heavy atom. The van der Waals surface area contributed by atoms with Gasteiger partial charge in [0, 0.05) is 32.5 Å². The van der Waals surface area contributed by atoms with Gasteiger partial charge in [-0.15, -0.1) is 0 Å². The number of carboxylic acids is 2. The van der Waals surface area contributed by atoms with Crippen molar-refractivity contribution in [3.8, 4) is 5.75 Å². The van der Waals surface area contributed by atoms with Crippen LogP contribution >= 0.6 is 19.6 Å². The summed E-state index contributed by atoms with van der Waals surface area (Å²) >= 11 is 1.28. The van der Waals surface area contributed by atoms with E-state index in [4.69, 9.17) is 51.6 Å². The molecule has 13 atom stereocenters. The molecule has 0 unspecified atom stereocenters. The maximum absolute atomic E-state index is 14.9. The van der Waals surface area contributed by atoms with E-state index >= 15 is 0 Å². The number of phosphoric ester groups is 1. The summed E-state index contributed by atoms with van der Waals surface area (Å²) in [4.78, 5) is 251. The van der Waals surface area contributed by atoms with E-state index in [0.29, 0.717) is 16.9 Å². The first-order chi connectivity index (χ1) is 56.7. The molecule has 2 aromatic carbocycles. The van der Waals surface area contributed by atoms with E-state index in [1.807, 2.05) is 10.6 Å². The number of primary amides is 2. The number of rotatable bonds is 58. The number of aliphatic hydroxyl groups is 1. The molecule has 14 amide bonds. The normalized spacial score (nSPS) is 14.4. The Bertz CT molecular complexity index is 3980. The van der Waals surface area contributed by atoms with Crippen molar-refractivity contribution >= 4 is 132 Å². The highest BCUT2D eigenvalue weighted by Gasteiger charge is 2.39. The summed E-state index contributed by atoms with van der Waals surface area (Å²) in [5, 5.41) is 68.3. The second-order valence-corrected chi connectivity index (χ2v) is 30.8. The number of nitrogens with one attached hydrogen (secondary N) is 12. The lowest BCUT2D eigenvalue weighted by Gasteiger charge is -2.29. The molecule has 0 saturated carbocycles. The molecule has 0 bridgehead atoms. The van der Waals surface area contributed by atoms with Gasteiger partial charge >= 0.3 is 19.8 Å². The first-order valence-corrected chi connectivity index (χ1v) is 40.8. The lowest BCUT2D eigenvalue weighted by Crippen LogP contribution is -2.62. The van der Waals surface area contributed by atoms with Crippen LogP contribution in [0.25, 0.3) is 0 Å². The summed E-state index contributed by atoms with van der Waals surface area (Å²) in [6.07, 6.45) is -3.45. The number of carbonyl (C=O) groups is 16. The smallest absolute Gasteiger partial charge is 0.469 e. The van der Waals surface area contributed by atoms with Gasteiger partial charge in [-0.1, -0.05) is 70.2 Å². The molecule has 0 spiro atoms. The van der Waals surface area contributed by atoms with E-state index < -0.39 is 225 Å². The summed E-state index contributed by atoms with van der Waals surface area (Å²) in [5.74, 6) is -21.8. The summed E-state index contributed by atoms with van der Waals surface area (Å²) in [6, 6.07) is -9.68. The molecular formula is C71H115N24O24PS. The van der Waals surface area contributed by atoms with Crippen LogP contribution in [0.2, 0.25) is 0 Å². The number of aliphatic imine (C=N–C) groups is 3. The monoisotopic (exact) mass is 1750 g/mol. The van der Waals surface area contributed by atoms with Crippen molar-refractivity contribution in [1.82, 2.24) is 63.8 Å². The number of nitrogens with two attached hydrogens (primary N) is 9. The van der Waals surface area contributed by atoms with Crippen LogP contribution in [0.4, 0.5) is 0 Å². The fourth-order valence-electron chi connectivity index (χ4n) is 11.3. The maximum atomic E-state index is 14.9. The average Bonchev–Trinajstić information content (AvgIpc) is 0.853. The molecule has 0 aliphatic carbocycles. The highest BCUT2D eigenvalue weighted by atomic mass is 32.2. The van der Waals surface area contributed by atoms with Gasteiger partial charge in [0.15, 0.2) is 17.9 Å². The van der Waals surface area contributed by atoms with Crippen molar-refractivity contribution in [2.75, 3.05) is 44.9 Å². The van der Waals surface area contributed by atoms with Gasteiger partial charge in [-0.3, -0.25) is 91.4 Å². The Morgan fingerprint density at radius 2 is 0.736 bits per heavy atom. The number of benzene rings is 2. The lowest BCUT2D eigenvalue weighted by molar-refractivity contribution is -0.143. The van der Waals surface area contributed by atoms with Crippen molar-refractivity contribution in [2.24, 2.45) is 78.4 Å². The van der Waals surface area contributed by atoms with Gasteiger partial charge in [-0.25, -0.2) is 9.36 Å². The number of aliphatic carboxylic acids is 2. The molecule has 0 radical (unpaired) electrons. The highest BCUT2D eigenvalue weighted by molar-refractivity contribution is 7.98. The molecule has 36 N–H and O–H groups in total. The van der Waals surface area contributed by atoms with Gasteiger partial charge in [-0.2, -0.15) is 11.8 Å². The first kappa shape index (κ1) is 105. The van der Waals surface area contributed by atoms with Gasteiger partial charge in [0.05, 0.1) is 38.5 Å². The van der Waals surface area contributed by atoms with Crippen molar-refractivity contribution < 1.29 is 116 Å². The molecular weight excluding hydrogens is 1640 g/mol. The van der Waals surface area contributed by atoms with E-state index in [9.17, 15) is 111 Å². The zero-order valence-electron chi connectivity index (χ0n) is 67.4. The Balaban J connectivity index is 2.68. The van der Waals surface area contributed by atoms with E-state index in [-0.39, 0.29) is 114 Å². The molecule has 0 aliphatic heterocycles. The summed E-state index contributed by atoms with van der Waals surface area (Å²) < 4.78 is 16.8. The number of carbonyl (C=O) groups excluding carboxylic acids is 14. The van der Waals surface area contributed by atoms with Crippen LogP contribution in [0.5, 0.6) is 5.75 Å². The van der Waals surface area contributed by atoms with Gasteiger partial charge in [0.1, 0.15) is 78.3 Å². The molecule has 0 fully saturated rings. The number of carboxylic acid groups (broad SMARTS) is 2. The quantitative estimate of drug-likeness (QED) is 0.0127. The third kappa shape index (κ3) is 43.5. The fraction of sp³-hybridized carbons (Fsp3) is 0.563. The number of aromatic hydroxyl groups is 1. The Labute approximate surface area is 699 Å². The van der Waals surface area contributed by atoms with Crippen LogP contribution in [0, 0.1) is 11.8 Å². The minimum absolute atomic E-state index is 0.0221. The molecule has 0 aromatic heterocycles. The molecule has 674 valence electrons. The predicted octanol–water partition coefficient (Wildman–Crippen LogP) is -9.26. The highest BCUT2D eigenvalue weighted by Crippen LogP contribution is 2.35. The number of phenolic OH excluding ortho intramolecular Hbond substituents is 1. The molecule has 0 aliphatic rings. The molecule has 121 heavy (non-hydrogen) atoms. The van der Waals surface area contributed by atoms with Crippen LogP contribution in [0.15, 0.2) is 69.6 Å². The molecule has 0 heterocycles. The van der Waals surface area contributed by atoms with Crippen LogP contribution in [-0.2, 0) is 98.6 Å².